The van der Waals surface area contributed by atoms with Gasteiger partial charge in [-0.25, -0.2) is 14.4 Å². The highest BCUT2D eigenvalue weighted by Crippen LogP contribution is 2.49. The third-order valence-corrected chi connectivity index (χ3v) is 5.76. The SMILES string of the molecule is Cc1cc(C)nc(N2C[C@H]3C[C@@H](c4cc(F)ccc4C(F)(F)F)C[C@H]3C2)n1. The molecule has 2 aromatic rings. The summed E-state index contributed by atoms with van der Waals surface area (Å²) >= 11 is 0. The Bertz CT molecular complexity index is 831. The van der Waals surface area contributed by atoms with Crippen molar-refractivity contribution in [3.05, 3.63) is 52.6 Å². The second kappa shape index (κ2) is 6.46. The first kappa shape index (κ1) is 18.2. The van der Waals surface area contributed by atoms with Gasteiger partial charge in [-0.1, -0.05) is 0 Å². The molecule has 1 aromatic carbocycles. The molecule has 1 aliphatic heterocycles. The molecule has 7 heteroatoms. The number of aryl methyl sites for hydroxylation is 2. The van der Waals surface area contributed by atoms with E-state index in [0.717, 1.165) is 42.7 Å². The second-order valence-electron chi connectivity index (χ2n) is 7.77. The van der Waals surface area contributed by atoms with Crippen LogP contribution in [0, 0.1) is 31.5 Å². The van der Waals surface area contributed by atoms with Crippen LogP contribution in [0.1, 0.15) is 41.3 Å². The average molecular weight is 379 g/mol. The normalized spacial score (nSPS) is 25.1. The van der Waals surface area contributed by atoms with E-state index in [4.69, 9.17) is 0 Å². The monoisotopic (exact) mass is 379 g/mol. The van der Waals surface area contributed by atoms with Crippen molar-refractivity contribution in [2.24, 2.45) is 11.8 Å². The number of aromatic nitrogens is 2. The second-order valence-corrected chi connectivity index (χ2v) is 7.77. The van der Waals surface area contributed by atoms with Gasteiger partial charge in [0.15, 0.2) is 0 Å². The van der Waals surface area contributed by atoms with Gasteiger partial charge in [-0.05, 0) is 74.3 Å². The molecule has 3 atom stereocenters. The number of benzene rings is 1. The van der Waals surface area contributed by atoms with Gasteiger partial charge in [0, 0.05) is 24.5 Å². The number of anilines is 1. The zero-order valence-electron chi connectivity index (χ0n) is 15.2. The summed E-state index contributed by atoms with van der Waals surface area (Å²) in [7, 11) is 0. The van der Waals surface area contributed by atoms with Crippen LogP contribution in [0.15, 0.2) is 24.3 Å². The van der Waals surface area contributed by atoms with Crippen LogP contribution in [-0.4, -0.2) is 23.1 Å². The maximum atomic E-state index is 13.6. The highest BCUT2D eigenvalue weighted by atomic mass is 19.4. The zero-order chi connectivity index (χ0) is 19.3. The van der Waals surface area contributed by atoms with Crippen molar-refractivity contribution in [1.29, 1.82) is 0 Å². The van der Waals surface area contributed by atoms with Gasteiger partial charge < -0.3 is 4.90 Å². The lowest BCUT2D eigenvalue weighted by Crippen LogP contribution is -2.24. The van der Waals surface area contributed by atoms with E-state index in [1.165, 1.54) is 0 Å². The predicted molar refractivity (Wildman–Crippen MR) is 94.1 cm³/mol. The van der Waals surface area contributed by atoms with Crippen molar-refractivity contribution in [2.45, 2.75) is 38.8 Å². The summed E-state index contributed by atoms with van der Waals surface area (Å²) in [5.74, 6) is 0.391. The molecular weight excluding hydrogens is 358 g/mol. The van der Waals surface area contributed by atoms with Crippen molar-refractivity contribution in [3.63, 3.8) is 0 Å². The van der Waals surface area contributed by atoms with Crippen LogP contribution in [0.4, 0.5) is 23.5 Å². The van der Waals surface area contributed by atoms with Crippen LogP contribution >= 0.6 is 0 Å². The topological polar surface area (TPSA) is 29.0 Å². The van der Waals surface area contributed by atoms with E-state index in [9.17, 15) is 17.6 Å². The lowest BCUT2D eigenvalue weighted by Gasteiger charge is -2.22. The molecule has 1 aromatic heterocycles. The standard InChI is InChI=1S/C20H21F4N3/c1-11-5-12(2)26-19(25-11)27-9-14-6-13(7-15(14)10-27)17-8-16(21)3-4-18(17)20(22,23)24/h3-5,8,13-15H,6-7,9-10H2,1-2H3/t13-,14-,15+. The van der Waals surface area contributed by atoms with Gasteiger partial charge in [0.05, 0.1) is 5.56 Å². The van der Waals surface area contributed by atoms with Gasteiger partial charge in [0.2, 0.25) is 5.95 Å². The summed E-state index contributed by atoms with van der Waals surface area (Å²) < 4.78 is 53.7. The van der Waals surface area contributed by atoms with Crippen LogP contribution in [0.2, 0.25) is 0 Å². The molecule has 2 fully saturated rings. The van der Waals surface area contributed by atoms with Crippen LogP contribution in [0.5, 0.6) is 0 Å². The van der Waals surface area contributed by atoms with Crippen molar-refractivity contribution >= 4 is 5.95 Å². The minimum absolute atomic E-state index is 0.103. The molecule has 0 amide bonds. The molecular formula is C20H21F4N3. The van der Waals surface area contributed by atoms with E-state index in [1.807, 2.05) is 19.9 Å². The molecule has 0 radical (unpaired) electrons. The molecule has 2 heterocycles. The number of alkyl halides is 3. The molecule has 0 N–H and O–H groups in total. The van der Waals surface area contributed by atoms with Gasteiger partial charge >= 0.3 is 6.18 Å². The van der Waals surface area contributed by atoms with Gasteiger partial charge in [-0.15, -0.1) is 0 Å². The van der Waals surface area contributed by atoms with Crippen molar-refractivity contribution in [3.8, 4) is 0 Å². The first-order valence-electron chi connectivity index (χ1n) is 9.14. The predicted octanol–water partition coefficient (Wildman–Crippen LogP) is 4.88. The molecule has 0 unspecified atom stereocenters. The van der Waals surface area contributed by atoms with Crippen molar-refractivity contribution in [1.82, 2.24) is 9.97 Å². The number of halogens is 4. The Balaban J connectivity index is 1.53. The molecule has 3 nitrogen and oxygen atoms in total. The molecule has 0 spiro atoms. The summed E-state index contributed by atoms with van der Waals surface area (Å²) in [6.45, 7) is 5.32. The van der Waals surface area contributed by atoms with E-state index >= 15 is 0 Å². The molecule has 27 heavy (non-hydrogen) atoms. The first-order valence-corrected chi connectivity index (χ1v) is 9.14. The number of hydrogen-bond donors (Lipinski definition) is 0. The van der Waals surface area contributed by atoms with E-state index in [2.05, 4.69) is 14.9 Å². The van der Waals surface area contributed by atoms with E-state index < -0.39 is 17.6 Å². The van der Waals surface area contributed by atoms with Crippen LogP contribution in [0.3, 0.4) is 0 Å². The lowest BCUT2D eigenvalue weighted by molar-refractivity contribution is -0.138. The lowest BCUT2D eigenvalue weighted by atomic mass is 9.91. The first-order chi connectivity index (χ1) is 12.7. The number of rotatable bonds is 2. The Hall–Kier alpha value is -2.18. The minimum atomic E-state index is -4.46. The Morgan fingerprint density at radius 3 is 2.11 bits per heavy atom. The van der Waals surface area contributed by atoms with Gasteiger partial charge in [0.25, 0.3) is 0 Å². The highest BCUT2D eigenvalue weighted by molar-refractivity contribution is 5.38. The van der Waals surface area contributed by atoms with Gasteiger partial charge in [0.1, 0.15) is 5.82 Å². The van der Waals surface area contributed by atoms with Gasteiger partial charge in [-0.3, -0.25) is 0 Å². The average Bonchev–Trinajstić information content (AvgIpc) is 3.11. The number of nitrogens with zero attached hydrogens (tertiary/aromatic N) is 3. The number of hydrogen-bond acceptors (Lipinski definition) is 3. The fourth-order valence-electron chi connectivity index (χ4n) is 4.70. The minimum Gasteiger partial charge on any atom is -0.340 e. The largest absolute Gasteiger partial charge is 0.416 e. The van der Waals surface area contributed by atoms with Crippen LogP contribution in [0.25, 0.3) is 0 Å². The summed E-state index contributed by atoms with van der Waals surface area (Å²) in [4.78, 5) is 11.1. The molecule has 1 aliphatic carbocycles. The molecule has 0 bridgehead atoms. The maximum absolute atomic E-state index is 13.6. The third kappa shape index (κ3) is 3.51. The third-order valence-electron chi connectivity index (χ3n) is 5.76. The molecule has 144 valence electrons. The summed E-state index contributed by atoms with van der Waals surface area (Å²) in [6, 6.07) is 4.74. The fraction of sp³-hybridized carbons (Fsp3) is 0.500. The summed E-state index contributed by atoms with van der Waals surface area (Å²) in [5.41, 5.74) is 1.21. The molecule has 1 saturated carbocycles. The maximum Gasteiger partial charge on any atom is 0.416 e. The smallest absolute Gasteiger partial charge is 0.340 e. The molecule has 1 saturated heterocycles. The van der Waals surface area contributed by atoms with Gasteiger partial charge in [-0.2, -0.15) is 13.2 Å². The highest BCUT2D eigenvalue weighted by Gasteiger charge is 2.44. The van der Waals surface area contributed by atoms with E-state index in [1.54, 1.807) is 0 Å². The zero-order valence-corrected chi connectivity index (χ0v) is 15.2. The van der Waals surface area contributed by atoms with Crippen LogP contribution < -0.4 is 4.90 Å². The quantitative estimate of drug-likeness (QED) is 0.697. The Morgan fingerprint density at radius 2 is 1.56 bits per heavy atom. The van der Waals surface area contributed by atoms with Crippen LogP contribution in [-0.2, 0) is 6.18 Å². The summed E-state index contributed by atoms with van der Waals surface area (Å²) in [6.07, 6.45) is -3.18. The summed E-state index contributed by atoms with van der Waals surface area (Å²) in [5, 5.41) is 0. The number of fused-ring (bicyclic) bond motifs is 1. The Morgan fingerprint density at radius 1 is 0.963 bits per heavy atom. The van der Waals surface area contributed by atoms with E-state index in [-0.39, 0.29) is 23.3 Å². The Labute approximate surface area is 155 Å². The van der Waals surface area contributed by atoms with Crippen molar-refractivity contribution in [2.75, 3.05) is 18.0 Å². The van der Waals surface area contributed by atoms with Crippen molar-refractivity contribution < 1.29 is 17.6 Å². The Kier molecular flexibility index (Phi) is 4.35. The van der Waals surface area contributed by atoms with E-state index in [0.29, 0.717) is 18.8 Å². The fourth-order valence-corrected chi connectivity index (χ4v) is 4.70. The molecule has 4 rings (SSSR count). The molecule has 2 aliphatic rings.